The number of hydrogen-bond acceptors (Lipinski definition) is 2. The SMILES string of the molecule is CCC1CCN(C[C@@H](C)N)C1. The largest absolute Gasteiger partial charge is 0.327 e. The van der Waals surface area contributed by atoms with E-state index in [-0.39, 0.29) is 0 Å². The second-order valence-electron chi connectivity index (χ2n) is 3.80. The number of rotatable bonds is 3. The molecule has 2 nitrogen and oxygen atoms in total. The van der Waals surface area contributed by atoms with E-state index in [4.69, 9.17) is 5.73 Å². The molecule has 0 spiro atoms. The molecule has 0 aromatic carbocycles. The summed E-state index contributed by atoms with van der Waals surface area (Å²) in [7, 11) is 0. The molecule has 0 bridgehead atoms. The number of hydrogen-bond donors (Lipinski definition) is 1. The van der Waals surface area contributed by atoms with Crippen LogP contribution >= 0.6 is 0 Å². The summed E-state index contributed by atoms with van der Waals surface area (Å²) in [6.07, 6.45) is 2.71. The lowest BCUT2D eigenvalue weighted by molar-refractivity contribution is 0.307. The zero-order valence-corrected chi connectivity index (χ0v) is 7.71. The quantitative estimate of drug-likeness (QED) is 0.662. The first-order valence-electron chi connectivity index (χ1n) is 4.70. The lowest BCUT2D eigenvalue weighted by Gasteiger charge is -2.17. The molecule has 0 aromatic heterocycles. The first kappa shape index (κ1) is 9.01. The Bertz CT molecular complexity index is 112. The van der Waals surface area contributed by atoms with Gasteiger partial charge < -0.3 is 10.6 Å². The van der Waals surface area contributed by atoms with Gasteiger partial charge in [-0.1, -0.05) is 13.3 Å². The summed E-state index contributed by atoms with van der Waals surface area (Å²) < 4.78 is 0. The van der Waals surface area contributed by atoms with Gasteiger partial charge in [0.25, 0.3) is 0 Å². The van der Waals surface area contributed by atoms with Crippen molar-refractivity contribution in [1.82, 2.24) is 4.90 Å². The maximum Gasteiger partial charge on any atom is 0.0139 e. The van der Waals surface area contributed by atoms with Gasteiger partial charge in [-0.2, -0.15) is 0 Å². The van der Waals surface area contributed by atoms with E-state index >= 15 is 0 Å². The predicted molar refractivity (Wildman–Crippen MR) is 48.5 cm³/mol. The molecule has 2 heteroatoms. The van der Waals surface area contributed by atoms with E-state index in [1.807, 2.05) is 0 Å². The zero-order valence-electron chi connectivity index (χ0n) is 7.71. The fourth-order valence-corrected chi connectivity index (χ4v) is 1.82. The van der Waals surface area contributed by atoms with Crippen LogP contribution in [0.15, 0.2) is 0 Å². The molecule has 0 aromatic rings. The molecule has 1 unspecified atom stereocenters. The highest BCUT2D eigenvalue weighted by molar-refractivity contribution is 4.76. The van der Waals surface area contributed by atoms with Crippen LogP contribution in [0.25, 0.3) is 0 Å². The van der Waals surface area contributed by atoms with Gasteiger partial charge in [-0.25, -0.2) is 0 Å². The third kappa shape index (κ3) is 2.80. The maximum absolute atomic E-state index is 5.72. The third-order valence-corrected chi connectivity index (χ3v) is 2.49. The molecule has 0 radical (unpaired) electrons. The molecule has 1 aliphatic heterocycles. The van der Waals surface area contributed by atoms with E-state index in [1.165, 1.54) is 25.9 Å². The molecule has 1 rings (SSSR count). The van der Waals surface area contributed by atoms with Crippen LogP contribution in [-0.4, -0.2) is 30.6 Å². The topological polar surface area (TPSA) is 29.3 Å². The average molecular weight is 156 g/mol. The average Bonchev–Trinajstić information content (AvgIpc) is 2.34. The molecule has 1 fully saturated rings. The Morgan fingerprint density at radius 1 is 1.64 bits per heavy atom. The standard InChI is InChI=1S/C9H20N2/c1-3-9-4-5-11(7-9)6-8(2)10/h8-9H,3-7,10H2,1-2H3/t8-,9?/m1/s1. The summed E-state index contributed by atoms with van der Waals surface area (Å²) in [5.41, 5.74) is 5.72. The smallest absolute Gasteiger partial charge is 0.0139 e. The number of nitrogens with zero attached hydrogens (tertiary/aromatic N) is 1. The first-order chi connectivity index (χ1) is 5.22. The van der Waals surface area contributed by atoms with Crippen LogP contribution in [0.2, 0.25) is 0 Å². The Hall–Kier alpha value is -0.0800. The van der Waals surface area contributed by atoms with Gasteiger partial charge in [-0.05, 0) is 25.8 Å². The molecule has 1 saturated heterocycles. The summed E-state index contributed by atoms with van der Waals surface area (Å²) in [4.78, 5) is 2.48. The highest BCUT2D eigenvalue weighted by atomic mass is 15.2. The predicted octanol–water partition coefficient (Wildman–Crippen LogP) is 1.07. The van der Waals surface area contributed by atoms with E-state index in [9.17, 15) is 0 Å². The summed E-state index contributed by atoms with van der Waals surface area (Å²) in [6, 6.07) is 0.339. The fraction of sp³-hybridized carbons (Fsp3) is 1.00. The Labute approximate surface area is 69.8 Å². The molecule has 0 aliphatic carbocycles. The van der Waals surface area contributed by atoms with Crippen molar-refractivity contribution in [3.8, 4) is 0 Å². The van der Waals surface area contributed by atoms with Crippen molar-refractivity contribution >= 4 is 0 Å². The molecule has 11 heavy (non-hydrogen) atoms. The van der Waals surface area contributed by atoms with Crippen molar-refractivity contribution in [3.05, 3.63) is 0 Å². The van der Waals surface area contributed by atoms with Gasteiger partial charge in [0.2, 0.25) is 0 Å². The molecule has 2 atom stereocenters. The van der Waals surface area contributed by atoms with Gasteiger partial charge in [0, 0.05) is 19.1 Å². The van der Waals surface area contributed by atoms with Gasteiger partial charge >= 0.3 is 0 Å². The molecular formula is C9H20N2. The van der Waals surface area contributed by atoms with Crippen molar-refractivity contribution in [2.75, 3.05) is 19.6 Å². The van der Waals surface area contributed by atoms with Crippen LogP contribution in [0, 0.1) is 5.92 Å². The molecule has 0 saturated carbocycles. The molecule has 0 amide bonds. The van der Waals surface area contributed by atoms with Crippen molar-refractivity contribution in [3.63, 3.8) is 0 Å². The van der Waals surface area contributed by atoms with Crippen LogP contribution < -0.4 is 5.73 Å². The Morgan fingerprint density at radius 2 is 2.36 bits per heavy atom. The van der Waals surface area contributed by atoms with E-state index in [0.717, 1.165) is 12.5 Å². The van der Waals surface area contributed by atoms with Gasteiger partial charge in [-0.15, -0.1) is 0 Å². The Kier molecular flexibility index (Phi) is 3.34. The van der Waals surface area contributed by atoms with Gasteiger partial charge in [-0.3, -0.25) is 0 Å². The van der Waals surface area contributed by atoms with E-state index in [1.54, 1.807) is 0 Å². The van der Waals surface area contributed by atoms with Gasteiger partial charge in [0.15, 0.2) is 0 Å². The number of likely N-dealkylation sites (tertiary alicyclic amines) is 1. The van der Waals surface area contributed by atoms with Crippen LogP contribution in [0.3, 0.4) is 0 Å². The third-order valence-electron chi connectivity index (χ3n) is 2.49. The van der Waals surface area contributed by atoms with Crippen LogP contribution in [0.1, 0.15) is 26.7 Å². The highest BCUT2D eigenvalue weighted by Gasteiger charge is 2.20. The summed E-state index contributed by atoms with van der Waals surface area (Å²) in [5, 5.41) is 0. The lowest BCUT2D eigenvalue weighted by Crippen LogP contribution is -2.34. The van der Waals surface area contributed by atoms with Crippen LogP contribution in [-0.2, 0) is 0 Å². The maximum atomic E-state index is 5.72. The molecular weight excluding hydrogens is 136 g/mol. The summed E-state index contributed by atoms with van der Waals surface area (Å²) >= 11 is 0. The lowest BCUT2D eigenvalue weighted by atomic mass is 10.1. The molecule has 2 N–H and O–H groups in total. The monoisotopic (exact) mass is 156 g/mol. The zero-order chi connectivity index (χ0) is 8.27. The van der Waals surface area contributed by atoms with E-state index < -0.39 is 0 Å². The Balaban J connectivity index is 2.19. The second kappa shape index (κ2) is 4.07. The van der Waals surface area contributed by atoms with Crippen molar-refractivity contribution in [2.24, 2.45) is 11.7 Å². The van der Waals surface area contributed by atoms with Gasteiger partial charge in [0.1, 0.15) is 0 Å². The van der Waals surface area contributed by atoms with Crippen molar-refractivity contribution < 1.29 is 0 Å². The normalized spacial score (nSPS) is 29.2. The van der Waals surface area contributed by atoms with Crippen molar-refractivity contribution in [1.29, 1.82) is 0 Å². The molecule has 1 aliphatic rings. The highest BCUT2D eigenvalue weighted by Crippen LogP contribution is 2.18. The minimum absolute atomic E-state index is 0.339. The molecule has 1 heterocycles. The minimum Gasteiger partial charge on any atom is -0.327 e. The van der Waals surface area contributed by atoms with E-state index in [2.05, 4.69) is 18.7 Å². The number of nitrogens with two attached hydrogens (primary N) is 1. The van der Waals surface area contributed by atoms with Gasteiger partial charge in [0.05, 0.1) is 0 Å². The minimum atomic E-state index is 0.339. The Morgan fingerprint density at radius 3 is 2.82 bits per heavy atom. The summed E-state index contributed by atoms with van der Waals surface area (Å²) in [6.45, 7) is 7.98. The van der Waals surface area contributed by atoms with Crippen molar-refractivity contribution in [2.45, 2.75) is 32.7 Å². The second-order valence-corrected chi connectivity index (χ2v) is 3.80. The van der Waals surface area contributed by atoms with Crippen LogP contribution in [0.4, 0.5) is 0 Å². The fourth-order valence-electron chi connectivity index (χ4n) is 1.82. The van der Waals surface area contributed by atoms with E-state index in [0.29, 0.717) is 6.04 Å². The van der Waals surface area contributed by atoms with Crippen LogP contribution in [0.5, 0.6) is 0 Å². The first-order valence-corrected chi connectivity index (χ1v) is 4.70. The summed E-state index contributed by atoms with van der Waals surface area (Å²) in [5.74, 6) is 0.939. The molecule has 66 valence electrons.